The third-order valence-corrected chi connectivity index (χ3v) is 6.39. The van der Waals surface area contributed by atoms with Gasteiger partial charge in [-0.05, 0) is 37.0 Å². The second kappa shape index (κ2) is 10.4. The topological polar surface area (TPSA) is 84.8 Å². The number of benzene rings is 1. The van der Waals surface area contributed by atoms with E-state index in [0.29, 0.717) is 37.6 Å². The van der Waals surface area contributed by atoms with Gasteiger partial charge in [0.25, 0.3) is 5.56 Å². The Balaban J connectivity index is 1.48. The van der Waals surface area contributed by atoms with Gasteiger partial charge in [0.15, 0.2) is 5.52 Å². The van der Waals surface area contributed by atoms with E-state index < -0.39 is 6.36 Å². The molecule has 3 heterocycles. The lowest BCUT2D eigenvalue weighted by molar-refractivity contribution is -0.274. The zero-order valence-corrected chi connectivity index (χ0v) is 20.0. The number of hydrogen-bond acceptors (Lipinski definition) is 6. The Hall–Kier alpha value is -2.92. The number of aromatic nitrogens is 4. The SMILES string of the molecule is CCOCCC(C)c1ncc2c(=O)[nH]c(C3CN(Cc4ccc(OC(F)(F)F)cc4)CC3C)nn12. The van der Waals surface area contributed by atoms with E-state index in [1.165, 1.54) is 12.1 Å². The molecule has 1 aliphatic heterocycles. The van der Waals surface area contributed by atoms with Gasteiger partial charge in [-0.15, -0.1) is 13.2 Å². The van der Waals surface area contributed by atoms with Crippen molar-refractivity contribution in [2.75, 3.05) is 26.3 Å². The van der Waals surface area contributed by atoms with Crippen LogP contribution in [0.15, 0.2) is 35.3 Å². The molecule has 190 valence electrons. The average molecular weight is 494 g/mol. The quantitative estimate of drug-likeness (QED) is 0.452. The molecule has 35 heavy (non-hydrogen) atoms. The molecule has 4 rings (SSSR count). The van der Waals surface area contributed by atoms with Crippen molar-refractivity contribution in [3.8, 4) is 5.75 Å². The van der Waals surface area contributed by atoms with Gasteiger partial charge in [-0.1, -0.05) is 26.0 Å². The molecule has 1 N–H and O–H groups in total. The van der Waals surface area contributed by atoms with E-state index in [1.807, 2.05) is 13.8 Å². The molecule has 3 unspecified atom stereocenters. The number of alkyl halides is 3. The number of rotatable bonds is 9. The fraction of sp³-hybridized carbons (Fsp3) is 0.542. The van der Waals surface area contributed by atoms with Crippen LogP contribution in [0.1, 0.15) is 56.2 Å². The fourth-order valence-electron chi connectivity index (χ4n) is 4.58. The molecule has 1 saturated heterocycles. The van der Waals surface area contributed by atoms with E-state index >= 15 is 0 Å². The lowest BCUT2D eigenvalue weighted by atomic mass is 9.97. The largest absolute Gasteiger partial charge is 0.573 e. The Kier molecular flexibility index (Phi) is 7.46. The zero-order valence-electron chi connectivity index (χ0n) is 20.0. The van der Waals surface area contributed by atoms with E-state index in [-0.39, 0.29) is 29.1 Å². The minimum Gasteiger partial charge on any atom is -0.406 e. The highest BCUT2D eigenvalue weighted by Crippen LogP contribution is 2.31. The molecule has 0 amide bonds. The molecule has 11 heteroatoms. The van der Waals surface area contributed by atoms with Crippen molar-refractivity contribution < 1.29 is 22.6 Å². The summed E-state index contributed by atoms with van der Waals surface area (Å²) in [6, 6.07) is 5.90. The van der Waals surface area contributed by atoms with Crippen LogP contribution in [0.4, 0.5) is 13.2 Å². The first kappa shape index (κ1) is 25.2. The van der Waals surface area contributed by atoms with Crippen molar-refractivity contribution in [2.24, 2.45) is 5.92 Å². The highest BCUT2D eigenvalue weighted by molar-refractivity contribution is 5.42. The van der Waals surface area contributed by atoms with Crippen LogP contribution in [0.3, 0.4) is 0 Å². The second-order valence-corrected chi connectivity index (χ2v) is 9.11. The number of nitrogens with zero attached hydrogens (tertiary/aromatic N) is 4. The molecule has 0 radical (unpaired) electrons. The van der Waals surface area contributed by atoms with Crippen LogP contribution in [0.5, 0.6) is 5.75 Å². The number of fused-ring (bicyclic) bond motifs is 1. The third kappa shape index (κ3) is 6.02. The van der Waals surface area contributed by atoms with Crippen LogP contribution in [0.2, 0.25) is 0 Å². The highest BCUT2D eigenvalue weighted by atomic mass is 19.4. The van der Waals surface area contributed by atoms with E-state index in [9.17, 15) is 18.0 Å². The van der Waals surface area contributed by atoms with Crippen LogP contribution in [-0.4, -0.2) is 57.1 Å². The van der Waals surface area contributed by atoms with Crippen molar-refractivity contribution in [3.05, 3.63) is 58.0 Å². The summed E-state index contributed by atoms with van der Waals surface area (Å²) in [5.74, 6) is 1.42. The molecular formula is C24H30F3N5O3. The Morgan fingerprint density at radius 3 is 2.66 bits per heavy atom. The summed E-state index contributed by atoms with van der Waals surface area (Å²) >= 11 is 0. The first-order valence-electron chi connectivity index (χ1n) is 11.8. The molecule has 1 fully saturated rings. The van der Waals surface area contributed by atoms with Crippen molar-refractivity contribution in [3.63, 3.8) is 0 Å². The first-order chi connectivity index (χ1) is 16.6. The van der Waals surface area contributed by atoms with Crippen LogP contribution in [0.25, 0.3) is 5.52 Å². The summed E-state index contributed by atoms with van der Waals surface area (Å²) in [6.07, 6.45) is -2.38. The molecule has 1 aliphatic rings. The number of hydrogen-bond donors (Lipinski definition) is 1. The van der Waals surface area contributed by atoms with Crippen molar-refractivity contribution in [1.82, 2.24) is 24.5 Å². The van der Waals surface area contributed by atoms with Gasteiger partial charge in [-0.25, -0.2) is 9.50 Å². The first-order valence-corrected chi connectivity index (χ1v) is 11.8. The number of nitrogens with one attached hydrogen (secondary N) is 1. The van der Waals surface area contributed by atoms with Crippen molar-refractivity contribution in [2.45, 2.75) is 51.9 Å². The molecule has 0 saturated carbocycles. The molecule has 8 nitrogen and oxygen atoms in total. The molecule has 1 aromatic carbocycles. The van der Waals surface area contributed by atoms with Crippen LogP contribution in [-0.2, 0) is 11.3 Å². The van der Waals surface area contributed by atoms with E-state index in [0.717, 1.165) is 24.4 Å². The van der Waals surface area contributed by atoms with E-state index in [1.54, 1.807) is 22.8 Å². The smallest absolute Gasteiger partial charge is 0.406 e. The third-order valence-electron chi connectivity index (χ3n) is 6.39. The molecule has 0 bridgehead atoms. The number of likely N-dealkylation sites (tertiary alicyclic amines) is 1. The second-order valence-electron chi connectivity index (χ2n) is 9.11. The lowest BCUT2D eigenvalue weighted by Gasteiger charge is -2.17. The van der Waals surface area contributed by atoms with Crippen LogP contribution in [0, 0.1) is 5.92 Å². The van der Waals surface area contributed by atoms with Crippen molar-refractivity contribution in [1.29, 1.82) is 0 Å². The van der Waals surface area contributed by atoms with Gasteiger partial charge in [0.05, 0.1) is 6.20 Å². The summed E-state index contributed by atoms with van der Waals surface area (Å²) in [4.78, 5) is 22.4. The Labute approximate surface area is 201 Å². The number of aromatic amines is 1. The van der Waals surface area contributed by atoms with Crippen LogP contribution >= 0.6 is 0 Å². The Morgan fingerprint density at radius 2 is 1.97 bits per heavy atom. The Bertz CT molecular complexity index is 1190. The summed E-state index contributed by atoms with van der Waals surface area (Å²) < 4.78 is 48.2. The van der Waals surface area contributed by atoms with Gasteiger partial charge in [0, 0.05) is 44.7 Å². The van der Waals surface area contributed by atoms with Gasteiger partial charge in [0.2, 0.25) is 0 Å². The minimum absolute atomic E-state index is 0.00826. The number of halogens is 3. The van der Waals surface area contributed by atoms with Gasteiger partial charge in [0.1, 0.15) is 17.4 Å². The summed E-state index contributed by atoms with van der Waals surface area (Å²) in [5.41, 5.74) is 1.07. The van der Waals surface area contributed by atoms with E-state index in [2.05, 4.69) is 26.5 Å². The minimum atomic E-state index is -4.71. The predicted molar refractivity (Wildman–Crippen MR) is 123 cm³/mol. The molecule has 0 aliphatic carbocycles. The van der Waals surface area contributed by atoms with Gasteiger partial charge in [-0.3, -0.25) is 9.69 Å². The van der Waals surface area contributed by atoms with Gasteiger partial charge < -0.3 is 14.5 Å². The summed E-state index contributed by atoms with van der Waals surface area (Å²) in [7, 11) is 0. The molecule has 0 spiro atoms. The Morgan fingerprint density at radius 1 is 1.23 bits per heavy atom. The fourth-order valence-corrected chi connectivity index (χ4v) is 4.58. The summed E-state index contributed by atoms with van der Waals surface area (Å²) in [5, 5.41) is 4.77. The highest BCUT2D eigenvalue weighted by Gasteiger charge is 2.34. The molecule has 3 atom stereocenters. The van der Waals surface area contributed by atoms with Crippen molar-refractivity contribution >= 4 is 5.52 Å². The van der Waals surface area contributed by atoms with Gasteiger partial charge >= 0.3 is 6.36 Å². The predicted octanol–water partition coefficient (Wildman–Crippen LogP) is 4.08. The maximum atomic E-state index is 12.8. The standard InChI is InChI=1S/C24H30F3N5O3/c1-4-34-10-9-15(2)22-28-11-20-23(33)29-21(30-32(20)22)19-14-31(12-16(19)3)13-17-5-7-18(8-6-17)35-24(25,26)27/h5-8,11,15-16,19H,4,9-10,12-14H2,1-3H3,(H,29,30,33). The van der Waals surface area contributed by atoms with Gasteiger partial charge in [-0.2, -0.15) is 5.10 Å². The molecule has 3 aromatic rings. The zero-order chi connectivity index (χ0) is 25.2. The number of ether oxygens (including phenoxy) is 2. The maximum absolute atomic E-state index is 12.8. The monoisotopic (exact) mass is 493 g/mol. The lowest BCUT2D eigenvalue weighted by Crippen LogP contribution is -2.23. The average Bonchev–Trinajstić information content (AvgIpc) is 3.38. The molecule has 2 aromatic heterocycles. The molecular weight excluding hydrogens is 463 g/mol. The number of H-pyrrole nitrogens is 1. The summed E-state index contributed by atoms with van der Waals surface area (Å²) in [6.45, 7) is 9.38. The van der Waals surface area contributed by atoms with Crippen LogP contribution < -0.4 is 10.3 Å². The maximum Gasteiger partial charge on any atom is 0.573 e. The van der Waals surface area contributed by atoms with E-state index in [4.69, 9.17) is 9.84 Å². The normalized spacial score (nSPS) is 19.9. The number of imidazole rings is 1.